The Hall–Kier alpha value is 0.210. The lowest BCUT2D eigenvalue weighted by molar-refractivity contribution is -0.890. The lowest BCUT2D eigenvalue weighted by Crippen LogP contribution is -3.00. The summed E-state index contributed by atoms with van der Waals surface area (Å²) >= 11 is 0. The van der Waals surface area contributed by atoms with Crippen molar-refractivity contribution in [3.63, 3.8) is 0 Å². The van der Waals surface area contributed by atoms with Gasteiger partial charge >= 0.3 is 0 Å². The van der Waals surface area contributed by atoms with E-state index in [2.05, 4.69) is 46.9 Å². The Morgan fingerprint density at radius 3 is 1.76 bits per heavy atom. The highest BCUT2D eigenvalue weighted by Gasteiger charge is 2.14. The number of rotatable bonds is 13. The molecule has 1 unspecified atom stereocenters. The zero-order valence-corrected chi connectivity index (χ0v) is 16.4. The number of quaternary nitrogens is 1. The molecule has 0 heterocycles. The molecule has 0 aliphatic rings. The zero-order valence-electron chi connectivity index (χ0n) is 15.6. The van der Waals surface area contributed by atoms with Gasteiger partial charge in [0, 0.05) is 6.04 Å². The van der Waals surface area contributed by atoms with E-state index < -0.39 is 0 Å². The first-order chi connectivity index (χ1) is 9.43. The summed E-state index contributed by atoms with van der Waals surface area (Å²) in [5.74, 6) is 0. The average Bonchev–Trinajstić information content (AvgIpc) is 2.38. The van der Waals surface area contributed by atoms with Crippen molar-refractivity contribution in [2.24, 2.45) is 0 Å². The second-order valence-corrected chi connectivity index (χ2v) is 7.32. The van der Waals surface area contributed by atoms with Gasteiger partial charge in [-0.25, -0.2) is 0 Å². The summed E-state index contributed by atoms with van der Waals surface area (Å²) < 4.78 is 1.22. The number of unbranched alkanes of at least 4 members (excludes halogenated alkanes) is 5. The van der Waals surface area contributed by atoms with Crippen molar-refractivity contribution in [2.45, 2.75) is 77.7 Å². The van der Waals surface area contributed by atoms with E-state index in [0.29, 0.717) is 0 Å². The molecule has 0 aromatic rings. The molecule has 0 aliphatic carbocycles. The van der Waals surface area contributed by atoms with Crippen LogP contribution < -0.4 is 12.4 Å². The summed E-state index contributed by atoms with van der Waals surface area (Å²) in [6.07, 6.45) is 12.4. The average molecular weight is 321 g/mol. The van der Waals surface area contributed by atoms with Crippen LogP contribution in [0.4, 0.5) is 0 Å². The van der Waals surface area contributed by atoms with Gasteiger partial charge in [0.25, 0.3) is 0 Å². The standard InChI is InChI=1S/C18H41N2.ClH/c1-7-9-10-13-16-20(5,6)17-14-11-12-15-18(8-2)19(3)4;/h18H,7-17H2,1-6H3;1H/q+1;/p-1. The number of hydrogen-bond donors (Lipinski definition) is 0. The number of nitrogens with zero attached hydrogens (tertiary/aromatic N) is 2. The predicted molar refractivity (Wildman–Crippen MR) is 92.2 cm³/mol. The van der Waals surface area contributed by atoms with Crippen LogP contribution in [0.2, 0.25) is 0 Å². The van der Waals surface area contributed by atoms with Crippen molar-refractivity contribution in [3.8, 4) is 0 Å². The van der Waals surface area contributed by atoms with E-state index in [-0.39, 0.29) is 12.4 Å². The molecular formula is C18H41ClN2. The Morgan fingerprint density at radius 2 is 1.33 bits per heavy atom. The SMILES string of the molecule is CCCCCC[N+](C)(C)CCCCCC(CC)N(C)C.[Cl-]. The van der Waals surface area contributed by atoms with Gasteiger partial charge < -0.3 is 21.8 Å². The van der Waals surface area contributed by atoms with Gasteiger partial charge in [-0.15, -0.1) is 0 Å². The van der Waals surface area contributed by atoms with Crippen molar-refractivity contribution >= 4 is 0 Å². The quantitative estimate of drug-likeness (QED) is 0.368. The highest BCUT2D eigenvalue weighted by atomic mass is 35.5. The first kappa shape index (κ1) is 23.5. The van der Waals surface area contributed by atoms with Crippen LogP contribution in [0.5, 0.6) is 0 Å². The zero-order chi connectivity index (χ0) is 15.4. The molecule has 0 saturated heterocycles. The molecule has 0 saturated carbocycles. The molecule has 21 heavy (non-hydrogen) atoms. The van der Waals surface area contributed by atoms with Gasteiger partial charge in [-0.3, -0.25) is 0 Å². The van der Waals surface area contributed by atoms with Gasteiger partial charge in [0.15, 0.2) is 0 Å². The van der Waals surface area contributed by atoms with Crippen molar-refractivity contribution in [2.75, 3.05) is 41.3 Å². The second-order valence-electron chi connectivity index (χ2n) is 7.32. The lowest BCUT2D eigenvalue weighted by Gasteiger charge is -2.30. The van der Waals surface area contributed by atoms with Gasteiger partial charge in [-0.2, -0.15) is 0 Å². The maximum atomic E-state index is 2.40. The van der Waals surface area contributed by atoms with E-state index in [1.807, 2.05) is 0 Å². The van der Waals surface area contributed by atoms with Crippen LogP contribution in [0, 0.1) is 0 Å². The van der Waals surface area contributed by atoms with Gasteiger partial charge in [-0.1, -0.05) is 33.1 Å². The topological polar surface area (TPSA) is 3.24 Å². The Balaban J connectivity index is 0. The number of halogens is 1. The molecule has 130 valence electrons. The first-order valence-corrected chi connectivity index (χ1v) is 8.91. The Morgan fingerprint density at radius 1 is 0.810 bits per heavy atom. The summed E-state index contributed by atoms with van der Waals surface area (Å²) in [4.78, 5) is 2.38. The van der Waals surface area contributed by atoms with Crippen LogP contribution in [-0.4, -0.2) is 56.7 Å². The Bertz CT molecular complexity index is 217. The maximum absolute atomic E-state index is 2.40. The second kappa shape index (κ2) is 13.8. The summed E-state index contributed by atoms with van der Waals surface area (Å²) in [5, 5.41) is 0. The third kappa shape index (κ3) is 13.6. The van der Waals surface area contributed by atoms with E-state index >= 15 is 0 Å². The molecule has 3 heteroatoms. The Kier molecular flexibility index (Phi) is 15.5. The summed E-state index contributed by atoms with van der Waals surface area (Å²) in [7, 11) is 9.23. The van der Waals surface area contributed by atoms with Crippen LogP contribution in [0.25, 0.3) is 0 Å². The third-order valence-corrected chi connectivity index (χ3v) is 4.62. The van der Waals surface area contributed by atoms with E-state index in [4.69, 9.17) is 0 Å². The predicted octanol–water partition coefficient (Wildman–Crippen LogP) is 1.55. The highest BCUT2D eigenvalue weighted by molar-refractivity contribution is 4.63. The van der Waals surface area contributed by atoms with Crippen LogP contribution in [0.3, 0.4) is 0 Å². The largest absolute Gasteiger partial charge is 1.00 e. The smallest absolute Gasteiger partial charge is 0.0782 e. The molecule has 1 atom stereocenters. The van der Waals surface area contributed by atoms with Crippen molar-refractivity contribution in [3.05, 3.63) is 0 Å². The minimum Gasteiger partial charge on any atom is -1.00 e. The summed E-state index contributed by atoms with van der Waals surface area (Å²) in [6, 6.07) is 0.784. The van der Waals surface area contributed by atoms with Crippen molar-refractivity contribution in [1.82, 2.24) is 4.90 Å². The molecule has 0 aromatic carbocycles. The van der Waals surface area contributed by atoms with Crippen molar-refractivity contribution < 1.29 is 16.9 Å². The number of hydrogen-bond acceptors (Lipinski definition) is 1. The normalized spacial score (nSPS) is 13.3. The third-order valence-electron chi connectivity index (χ3n) is 4.62. The minimum atomic E-state index is 0. The molecule has 0 aromatic heterocycles. The fourth-order valence-electron chi connectivity index (χ4n) is 3.00. The van der Waals surface area contributed by atoms with Crippen LogP contribution in [-0.2, 0) is 0 Å². The molecule has 0 bridgehead atoms. The lowest BCUT2D eigenvalue weighted by atomic mass is 10.0. The van der Waals surface area contributed by atoms with Gasteiger partial charge in [0.1, 0.15) is 0 Å². The van der Waals surface area contributed by atoms with Gasteiger partial charge in [0.2, 0.25) is 0 Å². The maximum Gasteiger partial charge on any atom is 0.0782 e. The van der Waals surface area contributed by atoms with Crippen LogP contribution in [0.15, 0.2) is 0 Å². The fraction of sp³-hybridized carbons (Fsp3) is 1.00. The molecule has 0 spiro atoms. The molecular weight excluding hydrogens is 280 g/mol. The van der Waals surface area contributed by atoms with Crippen LogP contribution in [0.1, 0.15) is 71.6 Å². The summed E-state index contributed by atoms with van der Waals surface area (Å²) in [5.41, 5.74) is 0. The molecule has 0 fully saturated rings. The van der Waals surface area contributed by atoms with E-state index in [1.54, 1.807) is 0 Å². The molecule has 0 rings (SSSR count). The van der Waals surface area contributed by atoms with Gasteiger partial charge in [-0.05, 0) is 52.6 Å². The van der Waals surface area contributed by atoms with Crippen LogP contribution >= 0.6 is 0 Å². The molecule has 0 radical (unpaired) electrons. The van der Waals surface area contributed by atoms with E-state index in [0.717, 1.165) is 6.04 Å². The molecule has 0 amide bonds. The van der Waals surface area contributed by atoms with Crippen molar-refractivity contribution in [1.29, 1.82) is 0 Å². The van der Waals surface area contributed by atoms with E-state index in [9.17, 15) is 0 Å². The first-order valence-electron chi connectivity index (χ1n) is 8.91. The molecule has 2 nitrogen and oxygen atoms in total. The summed E-state index contributed by atoms with van der Waals surface area (Å²) in [6.45, 7) is 7.30. The highest BCUT2D eigenvalue weighted by Crippen LogP contribution is 2.12. The van der Waals surface area contributed by atoms with E-state index in [1.165, 1.54) is 75.4 Å². The molecule has 0 N–H and O–H groups in total. The van der Waals surface area contributed by atoms with Gasteiger partial charge in [0.05, 0.1) is 27.2 Å². The Labute approximate surface area is 141 Å². The fourth-order valence-corrected chi connectivity index (χ4v) is 3.00. The monoisotopic (exact) mass is 320 g/mol. The molecule has 0 aliphatic heterocycles. The minimum absolute atomic E-state index is 0.